The summed E-state index contributed by atoms with van der Waals surface area (Å²) in [5.41, 5.74) is 9.91. The molecule has 0 aliphatic rings. The Morgan fingerprint density at radius 2 is 1.64 bits per heavy atom. The summed E-state index contributed by atoms with van der Waals surface area (Å²) in [6.07, 6.45) is 0.429. The number of aliphatic carboxylic acids is 2. The van der Waals surface area contributed by atoms with Gasteiger partial charge in [-0.05, 0) is 19.1 Å². The van der Waals surface area contributed by atoms with E-state index in [0.29, 0.717) is 12.2 Å². The molecule has 0 saturated heterocycles. The van der Waals surface area contributed by atoms with Gasteiger partial charge in [0, 0.05) is 0 Å². The maximum absolute atomic E-state index is 9.93. The van der Waals surface area contributed by atoms with Crippen molar-refractivity contribution in [2.24, 2.45) is 11.5 Å². The molecule has 0 aliphatic carbocycles. The zero-order valence-corrected chi connectivity index (χ0v) is 8.78. The van der Waals surface area contributed by atoms with Crippen molar-refractivity contribution in [1.29, 1.82) is 0 Å². The lowest BCUT2D eigenvalue weighted by molar-refractivity contribution is -0.139. The average molecular weight is 224 g/mol. The molecule has 1 unspecified atom stereocenters. The highest BCUT2D eigenvalue weighted by Gasteiger charge is 2.08. The zero-order chi connectivity index (χ0) is 11.7. The van der Waals surface area contributed by atoms with Crippen molar-refractivity contribution in [3.8, 4) is 0 Å². The fourth-order valence-corrected chi connectivity index (χ4v) is 0.541. The molecule has 0 spiro atoms. The van der Waals surface area contributed by atoms with Crippen molar-refractivity contribution in [3.05, 3.63) is 0 Å². The van der Waals surface area contributed by atoms with E-state index in [-0.39, 0.29) is 0 Å². The third kappa shape index (κ3) is 11.2. The molecule has 2 atom stereocenters. The quantitative estimate of drug-likeness (QED) is 0.395. The van der Waals surface area contributed by atoms with Crippen LogP contribution in [0.4, 0.5) is 0 Å². The summed E-state index contributed by atoms with van der Waals surface area (Å²) in [5, 5.41) is 16.0. The SMILES string of the molecule is C[C@H](N)C(=O)O.NC(CCS)C(=O)O. The fourth-order valence-electron chi connectivity index (χ4n) is 0.263. The predicted molar refractivity (Wildman–Crippen MR) is 55.4 cm³/mol. The number of carboxylic acids is 2. The van der Waals surface area contributed by atoms with E-state index in [1.807, 2.05) is 0 Å². The summed E-state index contributed by atoms with van der Waals surface area (Å²) in [5.74, 6) is -1.40. The van der Waals surface area contributed by atoms with Gasteiger partial charge in [-0.15, -0.1) is 0 Å². The molecule has 84 valence electrons. The third-order valence-corrected chi connectivity index (χ3v) is 1.41. The van der Waals surface area contributed by atoms with Crippen LogP contribution in [-0.4, -0.2) is 40.0 Å². The molecule has 0 saturated carbocycles. The van der Waals surface area contributed by atoms with Crippen LogP contribution in [0.1, 0.15) is 13.3 Å². The second-order valence-corrected chi connectivity index (χ2v) is 3.03. The summed E-state index contributed by atoms with van der Waals surface area (Å²) < 4.78 is 0. The van der Waals surface area contributed by atoms with Crippen LogP contribution in [0.5, 0.6) is 0 Å². The van der Waals surface area contributed by atoms with Crippen LogP contribution in [0.2, 0.25) is 0 Å². The molecule has 0 aliphatic heterocycles. The first-order valence-corrected chi connectivity index (χ1v) is 4.53. The van der Waals surface area contributed by atoms with Gasteiger partial charge in [-0.2, -0.15) is 12.6 Å². The van der Waals surface area contributed by atoms with E-state index >= 15 is 0 Å². The maximum Gasteiger partial charge on any atom is 0.320 e. The second kappa shape index (κ2) is 8.79. The number of rotatable bonds is 4. The van der Waals surface area contributed by atoms with E-state index in [9.17, 15) is 9.59 Å². The van der Waals surface area contributed by atoms with Crippen LogP contribution in [0.25, 0.3) is 0 Å². The van der Waals surface area contributed by atoms with E-state index < -0.39 is 24.0 Å². The van der Waals surface area contributed by atoms with Crippen molar-refractivity contribution < 1.29 is 19.8 Å². The van der Waals surface area contributed by atoms with Crippen molar-refractivity contribution in [2.75, 3.05) is 5.75 Å². The lowest BCUT2D eigenvalue weighted by Crippen LogP contribution is -2.30. The monoisotopic (exact) mass is 224 g/mol. The minimum absolute atomic E-state index is 0.429. The van der Waals surface area contributed by atoms with Gasteiger partial charge in [0.25, 0.3) is 0 Å². The van der Waals surface area contributed by atoms with E-state index in [1.54, 1.807) is 0 Å². The lowest BCUT2D eigenvalue weighted by atomic mass is 10.2. The summed E-state index contributed by atoms with van der Waals surface area (Å²) >= 11 is 3.81. The number of hydrogen-bond acceptors (Lipinski definition) is 5. The average Bonchev–Trinajstić information content (AvgIpc) is 2.05. The van der Waals surface area contributed by atoms with Gasteiger partial charge in [-0.25, -0.2) is 0 Å². The largest absolute Gasteiger partial charge is 0.480 e. The zero-order valence-electron chi connectivity index (χ0n) is 7.88. The molecule has 6 N–H and O–H groups in total. The van der Waals surface area contributed by atoms with Crippen LogP contribution < -0.4 is 11.5 Å². The van der Waals surface area contributed by atoms with Crippen LogP contribution in [0, 0.1) is 0 Å². The lowest BCUT2D eigenvalue weighted by Gasteiger charge is -2.00. The first kappa shape index (κ1) is 15.7. The fraction of sp³-hybridized carbons (Fsp3) is 0.714. The third-order valence-electron chi connectivity index (χ3n) is 1.15. The van der Waals surface area contributed by atoms with Gasteiger partial charge in [0.05, 0.1) is 0 Å². The van der Waals surface area contributed by atoms with Crippen LogP contribution in [-0.2, 0) is 9.59 Å². The minimum Gasteiger partial charge on any atom is -0.480 e. The number of nitrogens with two attached hydrogens (primary N) is 2. The van der Waals surface area contributed by atoms with Crippen LogP contribution >= 0.6 is 12.6 Å². The van der Waals surface area contributed by atoms with E-state index in [4.69, 9.17) is 21.7 Å². The Hall–Kier alpha value is -0.790. The Bertz CT molecular complexity index is 187. The Labute approximate surface area is 87.7 Å². The van der Waals surface area contributed by atoms with Crippen molar-refractivity contribution >= 4 is 24.6 Å². The standard InChI is InChI=1S/C4H9NO2S.C3H7NO2/c5-3(1-2-8)4(6)7;1-2(4)3(5)6/h3,8H,1-2,5H2,(H,6,7);2H,4H2,1H3,(H,5,6)/t;2-/m.0/s1. The van der Waals surface area contributed by atoms with Gasteiger partial charge >= 0.3 is 11.9 Å². The van der Waals surface area contributed by atoms with Crippen molar-refractivity contribution in [1.82, 2.24) is 0 Å². The van der Waals surface area contributed by atoms with Gasteiger partial charge < -0.3 is 21.7 Å². The summed E-state index contributed by atoms with van der Waals surface area (Å²) in [7, 11) is 0. The Balaban J connectivity index is 0. The topological polar surface area (TPSA) is 127 Å². The highest BCUT2D eigenvalue weighted by Crippen LogP contribution is 1.88. The molecule has 0 bridgehead atoms. The smallest absolute Gasteiger partial charge is 0.320 e. The van der Waals surface area contributed by atoms with E-state index in [1.165, 1.54) is 6.92 Å². The highest BCUT2D eigenvalue weighted by molar-refractivity contribution is 7.80. The maximum atomic E-state index is 9.93. The number of carboxylic acid groups (broad SMARTS) is 2. The molecule has 0 aromatic carbocycles. The minimum atomic E-state index is -0.963. The predicted octanol–water partition coefficient (Wildman–Crippen LogP) is -0.864. The first-order valence-electron chi connectivity index (χ1n) is 3.90. The van der Waals surface area contributed by atoms with Crippen LogP contribution in [0.15, 0.2) is 0 Å². The summed E-state index contributed by atoms with van der Waals surface area (Å²) in [6, 6.07) is -1.47. The first-order chi connectivity index (χ1) is 6.32. The molecule has 0 fully saturated rings. The molecule has 0 radical (unpaired) electrons. The van der Waals surface area contributed by atoms with E-state index in [0.717, 1.165) is 0 Å². The van der Waals surface area contributed by atoms with Gasteiger partial charge in [-0.1, -0.05) is 0 Å². The van der Waals surface area contributed by atoms with Crippen LogP contribution in [0.3, 0.4) is 0 Å². The molecule has 14 heavy (non-hydrogen) atoms. The molecule has 0 rings (SSSR count). The molecular formula is C7H16N2O4S. The van der Waals surface area contributed by atoms with Gasteiger partial charge in [0.2, 0.25) is 0 Å². The summed E-state index contributed by atoms with van der Waals surface area (Å²) in [6.45, 7) is 1.42. The molecule has 0 aromatic heterocycles. The molecule has 7 heteroatoms. The molecule has 6 nitrogen and oxygen atoms in total. The van der Waals surface area contributed by atoms with Gasteiger partial charge in [-0.3, -0.25) is 9.59 Å². The molecule has 0 heterocycles. The van der Waals surface area contributed by atoms with E-state index in [2.05, 4.69) is 12.6 Å². The molecule has 0 aromatic rings. The number of thiol groups is 1. The van der Waals surface area contributed by atoms with Gasteiger partial charge in [0.15, 0.2) is 0 Å². The Kier molecular flexibility index (Phi) is 9.84. The highest BCUT2D eigenvalue weighted by atomic mass is 32.1. The van der Waals surface area contributed by atoms with Crippen molar-refractivity contribution in [2.45, 2.75) is 25.4 Å². The Morgan fingerprint density at radius 1 is 1.29 bits per heavy atom. The second-order valence-electron chi connectivity index (χ2n) is 2.58. The molecular weight excluding hydrogens is 208 g/mol. The van der Waals surface area contributed by atoms with Crippen molar-refractivity contribution in [3.63, 3.8) is 0 Å². The normalized spacial score (nSPS) is 13.4. The number of hydrogen-bond donors (Lipinski definition) is 5. The number of carbonyl (C=O) groups is 2. The molecule has 0 amide bonds. The summed E-state index contributed by atoms with van der Waals surface area (Å²) in [4.78, 5) is 19.5. The van der Waals surface area contributed by atoms with Gasteiger partial charge in [0.1, 0.15) is 12.1 Å². The Morgan fingerprint density at radius 3 is 1.71 bits per heavy atom.